The van der Waals surface area contributed by atoms with Crippen LogP contribution in [0, 0.1) is 25.2 Å². The zero-order valence-electron chi connectivity index (χ0n) is 16.7. The fourth-order valence-corrected chi connectivity index (χ4v) is 3.46. The smallest absolute Gasteiger partial charge is 0.348 e. The lowest BCUT2D eigenvalue weighted by Gasteiger charge is -2.06. The Balaban J connectivity index is 2.02. The molecular formula is C24H22N2O3. The van der Waals surface area contributed by atoms with Gasteiger partial charge in [-0.1, -0.05) is 47.5 Å². The molecule has 0 amide bonds. The SMILES string of the molecule is CCOC(=O)/C(C#N)=C/c1cn(C(=O)Cc2cc(C)cc(C)c2)c2ccccc12. The van der Waals surface area contributed by atoms with Gasteiger partial charge in [0.05, 0.1) is 18.5 Å². The van der Waals surface area contributed by atoms with Crippen LogP contribution in [0.25, 0.3) is 17.0 Å². The molecule has 5 heteroatoms. The second-order valence-electron chi connectivity index (χ2n) is 6.93. The first-order valence-corrected chi connectivity index (χ1v) is 9.42. The van der Waals surface area contributed by atoms with Crippen LogP contribution in [-0.2, 0) is 16.0 Å². The zero-order valence-corrected chi connectivity index (χ0v) is 16.7. The number of para-hydroxylation sites is 1. The van der Waals surface area contributed by atoms with Crippen LogP contribution < -0.4 is 0 Å². The van der Waals surface area contributed by atoms with Crippen LogP contribution in [0.15, 0.2) is 54.2 Å². The monoisotopic (exact) mass is 386 g/mol. The van der Waals surface area contributed by atoms with E-state index in [9.17, 15) is 14.9 Å². The number of carbonyl (C=O) groups excluding carboxylic acids is 2. The summed E-state index contributed by atoms with van der Waals surface area (Å²) in [7, 11) is 0. The van der Waals surface area contributed by atoms with Gasteiger partial charge in [0.2, 0.25) is 5.91 Å². The third kappa shape index (κ3) is 4.44. The van der Waals surface area contributed by atoms with Crippen molar-refractivity contribution in [3.63, 3.8) is 0 Å². The fourth-order valence-electron chi connectivity index (χ4n) is 3.46. The van der Waals surface area contributed by atoms with Crippen LogP contribution in [-0.4, -0.2) is 23.1 Å². The van der Waals surface area contributed by atoms with E-state index in [2.05, 4.69) is 6.07 Å². The summed E-state index contributed by atoms with van der Waals surface area (Å²) in [5.41, 5.74) is 4.43. The van der Waals surface area contributed by atoms with Gasteiger partial charge in [0.25, 0.3) is 0 Å². The van der Waals surface area contributed by atoms with Gasteiger partial charge in [-0.25, -0.2) is 4.79 Å². The number of aryl methyl sites for hydroxylation is 2. The molecule has 3 aromatic rings. The Labute approximate surface area is 169 Å². The van der Waals surface area contributed by atoms with E-state index in [4.69, 9.17) is 4.74 Å². The molecule has 146 valence electrons. The molecule has 29 heavy (non-hydrogen) atoms. The topological polar surface area (TPSA) is 72.1 Å². The van der Waals surface area contributed by atoms with E-state index in [0.717, 1.165) is 27.6 Å². The van der Waals surface area contributed by atoms with Crippen molar-refractivity contribution in [1.29, 1.82) is 5.26 Å². The van der Waals surface area contributed by atoms with Crippen LogP contribution in [0.4, 0.5) is 0 Å². The Kier molecular flexibility index (Phi) is 5.94. The molecule has 1 aromatic heterocycles. The highest BCUT2D eigenvalue weighted by molar-refractivity contribution is 6.03. The van der Waals surface area contributed by atoms with Gasteiger partial charge in [-0.3, -0.25) is 9.36 Å². The first-order valence-electron chi connectivity index (χ1n) is 9.42. The van der Waals surface area contributed by atoms with Crippen molar-refractivity contribution in [3.8, 4) is 6.07 Å². The summed E-state index contributed by atoms with van der Waals surface area (Å²) in [6.45, 7) is 5.89. The third-order valence-electron chi connectivity index (χ3n) is 4.56. The van der Waals surface area contributed by atoms with Gasteiger partial charge in [-0.05, 0) is 38.5 Å². The minimum absolute atomic E-state index is 0.0829. The maximum atomic E-state index is 13.0. The maximum Gasteiger partial charge on any atom is 0.348 e. The highest BCUT2D eigenvalue weighted by Gasteiger charge is 2.16. The largest absolute Gasteiger partial charge is 0.462 e. The number of carbonyl (C=O) groups is 2. The van der Waals surface area contributed by atoms with Gasteiger partial charge < -0.3 is 4.74 Å². The Morgan fingerprint density at radius 1 is 1.14 bits per heavy atom. The quantitative estimate of drug-likeness (QED) is 0.365. The van der Waals surface area contributed by atoms with Crippen molar-refractivity contribution < 1.29 is 14.3 Å². The van der Waals surface area contributed by atoms with Crippen molar-refractivity contribution >= 4 is 28.9 Å². The second kappa shape index (κ2) is 8.57. The molecular weight excluding hydrogens is 364 g/mol. The van der Waals surface area contributed by atoms with Crippen molar-refractivity contribution in [3.05, 3.63) is 76.5 Å². The van der Waals surface area contributed by atoms with E-state index in [1.165, 1.54) is 6.08 Å². The second-order valence-corrected chi connectivity index (χ2v) is 6.93. The summed E-state index contributed by atoms with van der Waals surface area (Å²) in [5, 5.41) is 10.1. The zero-order chi connectivity index (χ0) is 21.0. The molecule has 0 N–H and O–H groups in total. The van der Waals surface area contributed by atoms with Gasteiger partial charge in [0, 0.05) is 17.1 Å². The maximum absolute atomic E-state index is 13.0. The Hall–Kier alpha value is -3.65. The molecule has 3 rings (SSSR count). The molecule has 0 radical (unpaired) electrons. The third-order valence-corrected chi connectivity index (χ3v) is 4.56. The number of esters is 1. The molecule has 0 unspecified atom stereocenters. The van der Waals surface area contributed by atoms with Crippen LogP contribution in [0.1, 0.15) is 34.0 Å². The number of hydrogen-bond acceptors (Lipinski definition) is 4. The van der Waals surface area contributed by atoms with E-state index in [0.29, 0.717) is 5.56 Å². The van der Waals surface area contributed by atoms with Gasteiger partial charge in [-0.2, -0.15) is 5.26 Å². The lowest BCUT2D eigenvalue weighted by Crippen LogP contribution is -2.12. The Bertz CT molecular complexity index is 1140. The fraction of sp³-hybridized carbons (Fsp3) is 0.208. The van der Waals surface area contributed by atoms with E-state index < -0.39 is 5.97 Å². The van der Waals surface area contributed by atoms with E-state index in [-0.39, 0.29) is 24.5 Å². The molecule has 0 bridgehead atoms. The molecule has 0 fully saturated rings. The summed E-state index contributed by atoms with van der Waals surface area (Å²) in [4.78, 5) is 25.0. The lowest BCUT2D eigenvalue weighted by molar-refractivity contribution is -0.137. The molecule has 0 aliphatic rings. The molecule has 0 aliphatic carbocycles. The summed E-state index contributed by atoms with van der Waals surface area (Å²) in [6.07, 6.45) is 3.40. The number of ether oxygens (including phenoxy) is 1. The lowest BCUT2D eigenvalue weighted by atomic mass is 10.0. The van der Waals surface area contributed by atoms with Crippen molar-refractivity contribution in [2.45, 2.75) is 27.2 Å². The van der Waals surface area contributed by atoms with Gasteiger partial charge in [0.1, 0.15) is 11.6 Å². The summed E-state index contributed by atoms with van der Waals surface area (Å²) in [5.74, 6) is -0.756. The first kappa shape index (κ1) is 20.1. The highest BCUT2D eigenvalue weighted by atomic mass is 16.5. The summed E-state index contributed by atoms with van der Waals surface area (Å²) >= 11 is 0. The highest BCUT2D eigenvalue weighted by Crippen LogP contribution is 2.24. The number of aromatic nitrogens is 1. The van der Waals surface area contributed by atoms with Crippen LogP contribution in [0.2, 0.25) is 0 Å². The average molecular weight is 386 g/mol. The molecule has 0 aliphatic heterocycles. The average Bonchev–Trinajstić information content (AvgIpc) is 3.04. The Morgan fingerprint density at radius 3 is 2.48 bits per heavy atom. The van der Waals surface area contributed by atoms with Gasteiger partial charge in [-0.15, -0.1) is 0 Å². The van der Waals surface area contributed by atoms with E-state index in [1.807, 2.05) is 56.3 Å². The van der Waals surface area contributed by atoms with Gasteiger partial charge in [0.15, 0.2) is 0 Å². The predicted molar refractivity (Wildman–Crippen MR) is 112 cm³/mol. The number of nitriles is 1. The molecule has 0 saturated heterocycles. The number of fused-ring (bicyclic) bond motifs is 1. The number of benzene rings is 2. The predicted octanol–water partition coefficient (Wildman–Crippen LogP) is 4.61. The number of hydrogen-bond donors (Lipinski definition) is 0. The van der Waals surface area contributed by atoms with E-state index in [1.54, 1.807) is 17.7 Å². The molecule has 5 nitrogen and oxygen atoms in total. The molecule has 2 aromatic carbocycles. The van der Waals surface area contributed by atoms with Crippen molar-refractivity contribution in [2.24, 2.45) is 0 Å². The van der Waals surface area contributed by atoms with Crippen molar-refractivity contribution in [1.82, 2.24) is 4.57 Å². The molecule has 0 saturated carbocycles. The number of rotatable bonds is 5. The van der Waals surface area contributed by atoms with Crippen LogP contribution in [0.5, 0.6) is 0 Å². The standard InChI is InChI=1S/C24H22N2O3/c1-4-29-24(28)19(14-25)13-20-15-26(22-8-6-5-7-21(20)22)23(27)12-18-10-16(2)9-17(3)11-18/h5-11,13,15H,4,12H2,1-3H3/b19-13+. The Morgan fingerprint density at radius 2 is 1.83 bits per heavy atom. The molecule has 0 atom stereocenters. The summed E-state index contributed by atoms with van der Waals surface area (Å²) < 4.78 is 6.51. The molecule has 1 heterocycles. The number of nitrogens with zero attached hydrogens (tertiary/aromatic N) is 2. The van der Waals surface area contributed by atoms with E-state index >= 15 is 0 Å². The normalized spacial score (nSPS) is 11.3. The minimum atomic E-state index is -0.673. The van der Waals surface area contributed by atoms with Crippen LogP contribution >= 0.6 is 0 Å². The summed E-state index contributed by atoms with van der Waals surface area (Å²) in [6, 6.07) is 15.4. The minimum Gasteiger partial charge on any atom is -0.462 e. The van der Waals surface area contributed by atoms with Gasteiger partial charge >= 0.3 is 5.97 Å². The van der Waals surface area contributed by atoms with Crippen LogP contribution in [0.3, 0.4) is 0 Å². The first-order chi connectivity index (χ1) is 13.9. The molecule has 0 spiro atoms. The van der Waals surface area contributed by atoms with Crippen molar-refractivity contribution in [2.75, 3.05) is 6.61 Å².